The van der Waals surface area contributed by atoms with Gasteiger partial charge in [-0.25, -0.2) is 15.0 Å². The molecule has 0 aliphatic heterocycles. The number of aryl methyl sites for hydroxylation is 2. The minimum atomic E-state index is -0.662. The lowest BCUT2D eigenvalue weighted by atomic mass is 10.0. The maximum atomic E-state index is 12.6. The van der Waals surface area contributed by atoms with Crippen LogP contribution in [0, 0.1) is 25.2 Å². The van der Waals surface area contributed by atoms with E-state index in [9.17, 15) is 9.90 Å². The van der Waals surface area contributed by atoms with Crippen LogP contribution in [0.2, 0.25) is 0 Å². The zero-order valence-electron chi connectivity index (χ0n) is 20.4. The Morgan fingerprint density at radius 3 is 2.83 bits per heavy atom. The Morgan fingerprint density at radius 2 is 2.06 bits per heavy atom. The van der Waals surface area contributed by atoms with Crippen LogP contribution in [-0.4, -0.2) is 53.7 Å². The van der Waals surface area contributed by atoms with E-state index in [1.54, 1.807) is 25.8 Å². The van der Waals surface area contributed by atoms with Crippen molar-refractivity contribution >= 4 is 22.9 Å². The fraction of sp³-hybridized carbons (Fsp3) is 0.385. The van der Waals surface area contributed by atoms with E-state index in [1.807, 2.05) is 42.7 Å². The van der Waals surface area contributed by atoms with Crippen LogP contribution < -0.4 is 10.6 Å². The van der Waals surface area contributed by atoms with Crippen molar-refractivity contribution in [2.75, 3.05) is 12.4 Å². The second-order valence-electron chi connectivity index (χ2n) is 9.90. The van der Waals surface area contributed by atoms with Gasteiger partial charge < -0.3 is 20.3 Å². The van der Waals surface area contributed by atoms with Crippen LogP contribution in [0.25, 0.3) is 22.6 Å². The largest absolute Gasteiger partial charge is 0.391 e. The maximum absolute atomic E-state index is 12.6. The molecule has 1 amide bonds. The van der Waals surface area contributed by atoms with E-state index in [0.29, 0.717) is 35.8 Å². The van der Waals surface area contributed by atoms with E-state index < -0.39 is 11.5 Å². The Labute approximate surface area is 208 Å². The first-order valence-corrected chi connectivity index (χ1v) is 12.1. The molecule has 10 heteroatoms. The molecular weight excluding hydrogens is 456 g/mol. The lowest BCUT2D eigenvalue weighted by molar-refractivity contribution is -0.126. The van der Waals surface area contributed by atoms with Crippen molar-refractivity contribution in [2.45, 2.75) is 45.4 Å². The molecule has 4 atom stereocenters. The summed E-state index contributed by atoms with van der Waals surface area (Å²) in [5, 5.41) is 17.2. The predicted octanol–water partition coefficient (Wildman–Crippen LogP) is 2.57. The SMILES string of the molecule is CNC(=O)[C@]12C[C@@H](O)C(n3cnc4c(NCc5cccc(C)n5)nc(-c5cncc(C)c5)nc43)[C@H]1C2. The lowest BCUT2D eigenvalue weighted by Crippen LogP contribution is -2.29. The molecule has 2 aliphatic carbocycles. The Bertz CT molecular complexity index is 1480. The zero-order chi connectivity index (χ0) is 25.0. The number of fused-ring (bicyclic) bond motifs is 2. The summed E-state index contributed by atoms with van der Waals surface area (Å²) in [7, 11) is 1.65. The normalized spacial score (nSPS) is 24.5. The highest BCUT2D eigenvalue weighted by Gasteiger charge is 2.69. The average Bonchev–Trinajstić information content (AvgIpc) is 3.28. The number of nitrogens with zero attached hydrogens (tertiary/aromatic N) is 6. The highest BCUT2D eigenvalue weighted by molar-refractivity contribution is 5.87. The second-order valence-corrected chi connectivity index (χ2v) is 9.90. The Kier molecular flexibility index (Phi) is 5.22. The van der Waals surface area contributed by atoms with Crippen LogP contribution in [0.3, 0.4) is 0 Å². The molecule has 184 valence electrons. The van der Waals surface area contributed by atoms with Gasteiger partial charge in [-0.15, -0.1) is 0 Å². The summed E-state index contributed by atoms with van der Waals surface area (Å²) in [5.74, 6) is 1.13. The van der Waals surface area contributed by atoms with Gasteiger partial charge in [-0.2, -0.15) is 0 Å². The van der Waals surface area contributed by atoms with E-state index in [1.165, 1.54) is 0 Å². The van der Waals surface area contributed by atoms with Gasteiger partial charge in [-0.05, 0) is 56.4 Å². The van der Waals surface area contributed by atoms with Gasteiger partial charge in [0, 0.05) is 30.7 Å². The van der Waals surface area contributed by atoms with Crippen molar-refractivity contribution in [1.29, 1.82) is 0 Å². The third-order valence-corrected chi connectivity index (χ3v) is 7.45. The number of carbonyl (C=O) groups is 1. The molecule has 2 fully saturated rings. The van der Waals surface area contributed by atoms with Gasteiger partial charge >= 0.3 is 0 Å². The van der Waals surface area contributed by atoms with E-state index in [4.69, 9.17) is 9.97 Å². The van der Waals surface area contributed by atoms with Crippen LogP contribution in [-0.2, 0) is 11.3 Å². The molecule has 0 aromatic carbocycles. The number of imidazole rings is 1. The fourth-order valence-electron chi connectivity index (χ4n) is 5.70. The van der Waals surface area contributed by atoms with Crippen LogP contribution in [0.15, 0.2) is 43.0 Å². The maximum Gasteiger partial charge on any atom is 0.226 e. The van der Waals surface area contributed by atoms with Crippen molar-refractivity contribution in [3.8, 4) is 11.4 Å². The number of hydrogen-bond acceptors (Lipinski definition) is 8. The molecule has 0 radical (unpaired) electrons. The first kappa shape index (κ1) is 22.5. The quantitative estimate of drug-likeness (QED) is 0.381. The number of carbonyl (C=O) groups excluding carboxylic acids is 1. The summed E-state index contributed by atoms with van der Waals surface area (Å²) in [4.78, 5) is 35.8. The molecule has 0 bridgehead atoms. The molecule has 2 aliphatic rings. The van der Waals surface area contributed by atoms with Crippen LogP contribution in [0.4, 0.5) is 5.82 Å². The van der Waals surface area contributed by atoms with Gasteiger partial charge in [0.2, 0.25) is 5.91 Å². The molecule has 4 aromatic rings. The number of aliphatic hydroxyl groups excluding tert-OH is 1. The summed E-state index contributed by atoms with van der Waals surface area (Å²) < 4.78 is 1.92. The Balaban J connectivity index is 1.43. The minimum Gasteiger partial charge on any atom is -0.391 e. The summed E-state index contributed by atoms with van der Waals surface area (Å²) in [5.41, 5.74) is 4.34. The summed E-state index contributed by atoms with van der Waals surface area (Å²) in [6.45, 7) is 4.41. The smallest absolute Gasteiger partial charge is 0.226 e. The molecule has 4 aromatic heterocycles. The molecule has 3 N–H and O–H groups in total. The van der Waals surface area contributed by atoms with Crippen LogP contribution in [0.1, 0.15) is 35.8 Å². The average molecular weight is 485 g/mol. The Hall–Kier alpha value is -3.92. The fourth-order valence-corrected chi connectivity index (χ4v) is 5.70. The number of aromatic nitrogens is 6. The third-order valence-electron chi connectivity index (χ3n) is 7.45. The monoisotopic (exact) mass is 484 g/mol. The molecule has 36 heavy (non-hydrogen) atoms. The number of rotatable bonds is 6. The summed E-state index contributed by atoms with van der Waals surface area (Å²) >= 11 is 0. The molecule has 2 saturated carbocycles. The van der Waals surface area contributed by atoms with E-state index in [2.05, 4.69) is 25.6 Å². The van der Waals surface area contributed by atoms with Crippen molar-refractivity contribution < 1.29 is 9.90 Å². The Morgan fingerprint density at radius 1 is 1.19 bits per heavy atom. The molecular formula is C26H28N8O2. The van der Waals surface area contributed by atoms with Crippen molar-refractivity contribution in [2.24, 2.45) is 11.3 Å². The highest BCUT2D eigenvalue weighted by atomic mass is 16.3. The summed E-state index contributed by atoms with van der Waals surface area (Å²) in [6, 6.07) is 7.60. The number of aliphatic hydroxyl groups is 1. The van der Waals surface area contributed by atoms with Crippen molar-refractivity contribution in [1.82, 2.24) is 34.8 Å². The number of hydrogen-bond donors (Lipinski definition) is 3. The highest BCUT2D eigenvalue weighted by Crippen LogP contribution is 2.67. The van der Waals surface area contributed by atoms with Gasteiger partial charge in [-0.3, -0.25) is 14.8 Å². The third kappa shape index (κ3) is 3.60. The topological polar surface area (TPSA) is 131 Å². The first-order valence-electron chi connectivity index (χ1n) is 12.1. The molecule has 6 rings (SSSR count). The predicted molar refractivity (Wildman–Crippen MR) is 134 cm³/mol. The van der Waals surface area contributed by atoms with Crippen LogP contribution in [0.5, 0.6) is 0 Å². The van der Waals surface area contributed by atoms with E-state index in [0.717, 1.165) is 28.9 Å². The number of pyridine rings is 2. The van der Waals surface area contributed by atoms with Gasteiger partial charge in [0.15, 0.2) is 17.3 Å². The molecule has 0 saturated heterocycles. The number of amides is 1. The van der Waals surface area contributed by atoms with Crippen LogP contribution >= 0.6 is 0 Å². The summed E-state index contributed by atoms with van der Waals surface area (Å²) in [6.07, 6.45) is 5.76. The van der Waals surface area contributed by atoms with Crippen molar-refractivity contribution in [3.63, 3.8) is 0 Å². The molecule has 0 spiro atoms. The number of anilines is 1. The molecule has 10 nitrogen and oxygen atoms in total. The van der Waals surface area contributed by atoms with Gasteiger partial charge in [0.1, 0.15) is 5.52 Å². The standard InChI is InChI=1S/C26H28N8O2/c1-14-7-16(11-28-10-14)22-32-23(29-12-17-6-4-5-15(2)31-17)20-24(33-22)34(13-30-20)21-18-8-26(18,9-19(21)35)25(36)27-3/h4-7,10-11,13,18-19,21,35H,8-9,12H2,1-3H3,(H,27,36)(H,29,32,33)/t18-,19-,21?,26-/m1/s1. The van der Waals surface area contributed by atoms with Crippen molar-refractivity contribution in [3.05, 3.63) is 59.9 Å². The molecule has 1 unspecified atom stereocenters. The molecule has 4 heterocycles. The minimum absolute atomic E-state index is 0.00682. The van der Waals surface area contributed by atoms with Gasteiger partial charge in [0.25, 0.3) is 0 Å². The van der Waals surface area contributed by atoms with Gasteiger partial charge in [-0.1, -0.05) is 6.07 Å². The van der Waals surface area contributed by atoms with E-state index in [-0.39, 0.29) is 17.9 Å². The zero-order valence-corrected chi connectivity index (χ0v) is 20.4. The second kappa shape index (κ2) is 8.34. The first-order chi connectivity index (χ1) is 17.4. The van der Waals surface area contributed by atoms with Gasteiger partial charge in [0.05, 0.1) is 36.1 Å². The lowest BCUT2D eigenvalue weighted by Gasteiger charge is -2.20. The van der Waals surface area contributed by atoms with E-state index >= 15 is 0 Å². The number of nitrogens with one attached hydrogen (secondary N) is 2.